The van der Waals surface area contributed by atoms with E-state index < -0.39 is 17.7 Å². The minimum atomic E-state index is -0.878. The number of amides is 1. The summed E-state index contributed by atoms with van der Waals surface area (Å²) in [6, 6.07) is 12.1. The highest BCUT2D eigenvalue weighted by atomic mass is 35.5. The van der Waals surface area contributed by atoms with Crippen molar-refractivity contribution in [3.63, 3.8) is 0 Å². The number of hydrogen-bond donors (Lipinski definition) is 1. The van der Waals surface area contributed by atoms with Crippen LogP contribution in [0.2, 0.25) is 15.1 Å². The van der Waals surface area contributed by atoms with Gasteiger partial charge < -0.3 is 5.11 Å². The Morgan fingerprint density at radius 3 is 2.29 bits per heavy atom. The van der Waals surface area contributed by atoms with E-state index in [2.05, 4.69) is 4.98 Å². The number of nitrogens with zero attached hydrogens (tertiary/aromatic N) is 2. The number of aliphatic hydroxyl groups is 1. The third kappa shape index (κ3) is 3.81. The van der Waals surface area contributed by atoms with Crippen LogP contribution < -0.4 is 4.90 Å². The molecule has 1 aromatic heterocycles. The molecule has 1 saturated heterocycles. The number of ketones is 1. The van der Waals surface area contributed by atoms with E-state index >= 15 is 0 Å². The summed E-state index contributed by atoms with van der Waals surface area (Å²) in [5.41, 5.74) is 2.08. The van der Waals surface area contributed by atoms with Crippen molar-refractivity contribution in [3.8, 4) is 0 Å². The summed E-state index contributed by atoms with van der Waals surface area (Å²) in [5, 5.41) is 12.0. The molecule has 5 nitrogen and oxygen atoms in total. The first kappa shape index (κ1) is 21.4. The zero-order chi connectivity index (χ0) is 22.3. The van der Waals surface area contributed by atoms with Gasteiger partial charge in [0, 0.05) is 28.7 Å². The molecule has 1 unspecified atom stereocenters. The second kappa shape index (κ2) is 8.35. The van der Waals surface area contributed by atoms with Crippen LogP contribution in [0.15, 0.2) is 66.5 Å². The molecule has 156 valence electrons. The number of anilines is 1. The number of halogens is 3. The van der Waals surface area contributed by atoms with Gasteiger partial charge in [-0.3, -0.25) is 19.5 Å². The molecule has 1 N–H and O–H groups in total. The maximum atomic E-state index is 13.1. The van der Waals surface area contributed by atoms with E-state index in [4.69, 9.17) is 34.8 Å². The molecule has 0 aliphatic carbocycles. The number of carbonyl (C=O) groups is 2. The molecule has 1 aliphatic heterocycles. The lowest BCUT2D eigenvalue weighted by atomic mass is 9.95. The number of Topliss-reactive ketones (excluding diaryl/α,β-unsaturated/α-hetero) is 1. The zero-order valence-electron chi connectivity index (χ0n) is 16.1. The van der Waals surface area contributed by atoms with E-state index in [1.165, 1.54) is 23.1 Å². The number of carbonyl (C=O) groups excluding carboxylic acids is 2. The molecule has 4 rings (SSSR count). The molecule has 3 aromatic rings. The van der Waals surface area contributed by atoms with Crippen molar-refractivity contribution < 1.29 is 14.7 Å². The Bertz CT molecular complexity index is 1240. The minimum absolute atomic E-state index is 0.0636. The summed E-state index contributed by atoms with van der Waals surface area (Å²) in [4.78, 5) is 31.5. The highest BCUT2D eigenvalue weighted by molar-refractivity contribution is 6.52. The molecule has 1 amide bonds. The van der Waals surface area contributed by atoms with Crippen LogP contribution in [0.3, 0.4) is 0 Å². The van der Waals surface area contributed by atoms with E-state index in [1.807, 2.05) is 6.92 Å². The van der Waals surface area contributed by atoms with Crippen molar-refractivity contribution in [2.45, 2.75) is 13.0 Å². The lowest BCUT2D eigenvalue weighted by Crippen LogP contribution is -2.29. The smallest absolute Gasteiger partial charge is 0.300 e. The molecule has 0 bridgehead atoms. The monoisotopic (exact) mass is 472 g/mol. The Balaban J connectivity index is 1.95. The van der Waals surface area contributed by atoms with E-state index in [0.717, 1.165) is 5.56 Å². The average Bonchev–Trinajstić information content (AvgIpc) is 3.03. The Labute approximate surface area is 193 Å². The second-order valence-corrected chi connectivity index (χ2v) is 8.23. The van der Waals surface area contributed by atoms with Gasteiger partial charge in [0.25, 0.3) is 11.7 Å². The van der Waals surface area contributed by atoms with Crippen LogP contribution in [0.25, 0.3) is 5.76 Å². The van der Waals surface area contributed by atoms with Crippen molar-refractivity contribution in [3.05, 3.63) is 98.3 Å². The molecule has 2 heterocycles. The second-order valence-electron chi connectivity index (χ2n) is 7.01. The summed E-state index contributed by atoms with van der Waals surface area (Å²) >= 11 is 18.3. The van der Waals surface area contributed by atoms with Gasteiger partial charge in [0.15, 0.2) is 0 Å². The number of pyridine rings is 1. The van der Waals surface area contributed by atoms with Gasteiger partial charge in [0.1, 0.15) is 5.76 Å². The van der Waals surface area contributed by atoms with Crippen LogP contribution in [0.1, 0.15) is 22.7 Å². The Kier molecular flexibility index (Phi) is 5.75. The van der Waals surface area contributed by atoms with Crippen molar-refractivity contribution in [1.29, 1.82) is 0 Å². The van der Waals surface area contributed by atoms with Crippen molar-refractivity contribution in [2.75, 3.05) is 4.90 Å². The van der Waals surface area contributed by atoms with Crippen molar-refractivity contribution in [1.82, 2.24) is 4.98 Å². The summed E-state index contributed by atoms with van der Waals surface area (Å²) in [6.07, 6.45) is 3.10. The van der Waals surface area contributed by atoms with Gasteiger partial charge in [-0.2, -0.15) is 0 Å². The SMILES string of the molecule is Cc1ccc(N2C(=O)C(=O)/C(=C(/O)c3ccc(Cl)c(Cl)c3)C2c2ccncc2)cc1Cl. The lowest BCUT2D eigenvalue weighted by molar-refractivity contribution is -0.132. The molecule has 1 aliphatic rings. The average molecular weight is 474 g/mol. The van der Waals surface area contributed by atoms with Gasteiger partial charge in [-0.25, -0.2) is 0 Å². The molecule has 31 heavy (non-hydrogen) atoms. The molecule has 1 fully saturated rings. The van der Waals surface area contributed by atoms with Gasteiger partial charge in [-0.1, -0.05) is 40.9 Å². The van der Waals surface area contributed by atoms with Crippen molar-refractivity contribution in [2.24, 2.45) is 0 Å². The molecular formula is C23H15Cl3N2O3. The predicted octanol–water partition coefficient (Wildman–Crippen LogP) is 5.98. The fourth-order valence-corrected chi connectivity index (χ4v) is 3.96. The molecule has 0 saturated carbocycles. The number of aromatic nitrogens is 1. The Hall–Kier alpha value is -2.86. The van der Waals surface area contributed by atoms with Crippen LogP contribution in [0.5, 0.6) is 0 Å². The third-order valence-corrected chi connectivity index (χ3v) is 6.24. The van der Waals surface area contributed by atoms with Crippen LogP contribution in [-0.4, -0.2) is 21.8 Å². The molecule has 0 spiro atoms. The van der Waals surface area contributed by atoms with Gasteiger partial charge in [-0.05, 0) is 60.5 Å². The highest BCUT2D eigenvalue weighted by Crippen LogP contribution is 2.43. The molecule has 1 atom stereocenters. The van der Waals surface area contributed by atoms with Gasteiger partial charge in [0.05, 0.1) is 21.7 Å². The van der Waals surface area contributed by atoms with Crippen LogP contribution in [0, 0.1) is 6.92 Å². The first-order chi connectivity index (χ1) is 14.8. The van der Waals surface area contributed by atoms with Crippen LogP contribution in [-0.2, 0) is 9.59 Å². The number of aryl methyl sites for hydroxylation is 1. The standard InChI is InChI=1S/C23H15Cl3N2O3/c1-12-2-4-15(11-17(12)25)28-20(13-6-8-27-9-7-13)19(22(30)23(28)31)21(29)14-3-5-16(24)18(26)10-14/h2-11,20,29H,1H3/b21-19+. The largest absolute Gasteiger partial charge is 0.507 e. The number of benzene rings is 2. The van der Waals surface area contributed by atoms with E-state index in [9.17, 15) is 14.7 Å². The third-order valence-electron chi connectivity index (χ3n) is 5.09. The van der Waals surface area contributed by atoms with Gasteiger partial charge in [-0.15, -0.1) is 0 Å². The number of hydrogen-bond acceptors (Lipinski definition) is 4. The molecule has 8 heteroatoms. The van der Waals surface area contributed by atoms with E-state index in [1.54, 1.807) is 42.7 Å². The first-order valence-electron chi connectivity index (χ1n) is 9.22. The molecule has 0 radical (unpaired) electrons. The van der Waals surface area contributed by atoms with Gasteiger partial charge >= 0.3 is 0 Å². The molecule has 2 aromatic carbocycles. The highest BCUT2D eigenvalue weighted by Gasteiger charge is 2.47. The molecular weight excluding hydrogens is 459 g/mol. The maximum absolute atomic E-state index is 13.1. The summed E-state index contributed by atoms with van der Waals surface area (Å²) in [6.45, 7) is 1.84. The number of aliphatic hydroxyl groups excluding tert-OH is 1. The fraction of sp³-hybridized carbons (Fsp3) is 0.0870. The Morgan fingerprint density at radius 2 is 1.65 bits per heavy atom. The number of rotatable bonds is 3. The quantitative estimate of drug-likeness (QED) is 0.289. The van der Waals surface area contributed by atoms with Crippen molar-refractivity contribution >= 4 is 57.9 Å². The maximum Gasteiger partial charge on any atom is 0.300 e. The van der Waals surface area contributed by atoms with E-state index in [0.29, 0.717) is 21.3 Å². The van der Waals surface area contributed by atoms with E-state index in [-0.39, 0.29) is 21.9 Å². The minimum Gasteiger partial charge on any atom is -0.507 e. The summed E-state index contributed by atoms with van der Waals surface area (Å²) < 4.78 is 0. The topological polar surface area (TPSA) is 70.5 Å². The summed E-state index contributed by atoms with van der Waals surface area (Å²) in [5.74, 6) is -1.94. The lowest BCUT2D eigenvalue weighted by Gasteiger charge is -2.25. The van der Waals surface area contributed by atoms with Crippen LogP contribution in [0.4, 0.5) is 5.69 Å². The predicted molar refractivity (Wildman–Crippen MR) is 122 cm³/mol. The Morgan fingerprint density at radius 1 is 0.935 bits per heavy atom. The zero-order valence-corrected chi connectivity index (χ0v) is 18.4. The van der Waals surface area contributed by atoms with Crippen LogP contribution >= 0.6 is 34.8 Å². The van der Waals surface area contributed by atoms with Gasteiger partial charge in [0.2, 0.25) is 0 Å². The normalized spacial score (nSPS) is 17.9. The fourth-order valence-electron chi connectivity index (χ4n) is 3.49. The summed E-state index contributed by atoms with van der Waals surface area (Å²) in [7, 11) is 0. The first-order valence-corrected chi connectivity index (χ1v) is 10.4.